The van der Waals surface area contributed by atoms with Crippen LogP contribution in [-0.2, 0) is 0 Å². The van der Waals surface area contributed by atoms with Crippen molar-refractivity contribution < 1.29 is 10.2 Å². The summed E-state index contributed by atoms with van der Waals surface area (Å²) < 4.78 is 0. The Morgan fingerprint density at radius 3 is 2.67 bits per heavy atom. The molecule has 2 nitrogen and oxygen atoms in total. The van der Waals surface area contributed by atoms with Crippen molar-refractivity contribution in [3.05, 3.63) is 47.6 Å². The normalized spacial score (nSPS) is 23.6. The predicted molar refractivity (Wildman–Crippen MR) is 73.8 cm³/mol. The van der Waals surface area contributed by atoms with E-state index in [2.05, 4.69) is 19.6 Å². The quantitative estimate of drug-likeness (QED) is 0.768. The van der Waals surface area contributed by atoms with Crippen molar-refractivity contribution >= 4 is 0 Å². The van der Waals surface area contributed by atoms with Gasteiger partial charge < -0.3 is 10.2 Å². The van der Waals surface area contributed by atoms with Crippen LogP contribution < -0.4 is 0 Å². The molecule has 0 aromatic heterocycles. The smallest absolute Gasteiger partial charge is 0.123 e. The molecule has 2 heteroatoms. The molecule has 1 aromatic carbocycles. The van der Waals surface area contributed by atoms with Gasteiger partial charge in [0, 0.05) is 17.5 Å². The largest absolute Gasteiger partial charge is 0.508 e. The van der Waals surface area contributed by atoms with Crippen LogP contribution in [0.2, 0.25) is 0 Å². The summed E-state index contributed by atoms with van der Waals surface area (Å²) >= 11 is 0. The third-order valence-electron chi connectivity index (χ3n) is 3.75. The Balaban J connectivity index is 2.44. The predicted octanol–water partition coefficient (Wildman–Crippen LogP) is 4.11. The van der Waals surface area contributed by atoms with Crippen LogP contribution in [0.3, 0.4) is 0 Å². The van der Waals surface area contributed by atoms with Gasteiger partial charge in [-0.1, -0.05) is 29.9 Å². The summed E-state index contributed by atoms with van der Waals surface area (Å²) in [5.74, 6) is 0.790. The first-order valence-corrected chi connectivity index (χ1v) is 6.33. The zero-order valence-corrected chi connectivity index (χ0v) is 11.0. The molecule has 0 heterocycles. The van der Waals surface area contributed by atoms with Crippen LogP contribution in [0, 0.1) is 5.92 Å². The molecular weight excluding hydrogens is 224 g/mol. The summed E-state index contributed by atoms with van der Waals surface area (Å²) in [5.41, 5.74) is 3.38. The topological polar surface area (TPSA) is 40.5 Å². The van der Waals surface area contributed by atoms with Gasteiger partial charge >= 0.3 is 0 Å². The maximum absolute atomic E-state index is 10.0. The average molecular weight is 244 g/mol. The summed E-state index contributed by atoms with van der Waals surface area (Å²) in [6.07, 6.45) is 4.38. The van der Waals surface area contributed by atoms with Crippen molar-refractivity contribution in [3.8, 4) is 11.5 Å². The Kier molecular flexibility index (Phi) is 3.46. The highest BCUT2D eigenvalue weighted by Gasteiger charge is 2.27. The first-order valence-electron chi connectivity index (χ1n) is 6.33. The Bertz CT molecular complexity index is 500. The fourth-order valence-corrected chi connectivity index (χ4v) is 2.74. The lowest BCUT2D eigenvalue weighted by Gasteiger charge is -2.31. The summed E-state index contributed by atoms with van der Waals surface area (Å²) in [4.78, 5) is 0. The maximum Gasteiger partial charge on any atom is 0.123 e. The van der Waals surface area contributed by atoms with E-state index in [1.807, 2.05) is 6.92 Å². The minimum absolute atomic E-state index is 0.0969. The molecule has 0 fully saturated rings. The van der Waals surface area contributed by atoms with E-state index in [4.69, 9.17) is 0 Å². The molecule has 2 unspecified atom stereocenters. The molecule has 1 aromatic rings. The van der Waals surface area contributed by atoms with Crippen molar-refractivity contribution in [2.45, 2.75) is 32.6 Å². The molecule has 0 saturated carbocycles. The van der Waals surface area contributed by atoms with Crippen LogP contribution in [-0.4, -0.2) is 10.2 Å². The van der Waals surface area contributed by atoms with Gasteiger partial charge in [0.1, 0.15) is 11.5 Å². The van der Waals surface area contributed by atoms with Gasteiger partial charge in [0.2, 0.25) is 0 Å². The van der Waals surface area contributed by atoms with E-state index in [-0.39, 0.29) is 17.4 Å². The Labute approximate surface area is 108 Å². The second kappa shape index (κ2) is 4.89. The number of benzene rings is 1. The van der Waals surface area contributed by atoms with E-state index in [0.29, 0.717) is 5.92 Å². The number of hydrogen-bond acceptors (Lipinski definition) is 2. The zero-order valence-electron chi connectivity index (χ0n) is 11.0. The fourth-order valence-electron chi connectivity index (χ4n) is 2.74. The molecule has 1 aliphatic rings. The minimum atomic E-state index is 0.0969. The summed E-state index contributed by atoms with van der Waals surface area (Å²) in [6.45, 7) is 8.24. The first kappa shape index (κ1) is 12.7. The minimum Gasteiger partial charge on any atom is -0.508 e. The zero-order chi connectivity index (χ0) is 13.3. The van der Waals surface area contributed by atoms with E-state index in [1.54, 1.807) is 12.1 Å². The molecule has 0 aliphatic heterocycles. The molecule has 96 valence electrons. The van der Waals surface area contributed by atoms with Crippen molar-refractivity contribution in [3.63, 3.8) is 0 Å². The summed E-state index contributed by atoms with van der Waals surface area (Å²) in [6, 6.07) is 4.84. The van der Waals surface area contributed by atoms with Crippen molar-refractivity contribution in [1.29, 1.82) is 0 Å². The monoisotopic (exact) mass is 244 g/mol. The molecule has 2 rings (SSSR count). The number of allylic oxidation sites excluding steroid dienone is 3. The number of rotatable bonds is 2. The molecule has 0 radical (unpaired) electrons. The van der Waals surface area contributed by atoms with Crippen molar-refractivity contribution in [2.24, 2.45) is 5.92 Å². The first-order chi connectivity index (χ1) is 8.49. The van der Waals surface area contributed by atoms with Gasteiger partial charge in [0.15, 0.2) is 0 Å². The summed E-state index contributed by atoms with van der Waals surface area (Å²) in [5, 5.41) is 19.4. The number of phenolic OH excluding ortho intramolecular Hbond substituents is 2. The SMILES string of the molecule is C=C(C)C1CCC(C)=CC1c1ccc(O)cc1O. The number of hydrogen-bond donors (Lipinski definition) is 2. The second-order valence-electron chi connectivity index (χ2n) is 5.27. The standard InChI is InChI=1S/C16H20O2/c1-10(2)13-6-4-11(3)8-15(13)14-7-5-12(17)9-16(14)18/h5,7-9,13,15,17-18H,1,4,6H2,2-3H3. The lowest BCUT2D eigenvalue weighted by molar-refractivity contribution is 0.426. The average Bonchev–Trinajstić information content (AvgIpc) is 2.28. The van der Waals surface area contributed by atoms with Gasteiger partial charge in [-0.15, -0.1) is 0 Å². The van der Waals surface area contributed by atoms with Crippen LogP contribution in [0.1, 0.15) is 38.2 Å². The molecule has 0 spiro atoms. The molecule has 0 bridgehead atoms. The third-order valence-corrected chi connectivity index (χ3v) is 3.75. The Morgan fingerprint density at radius 1 is 1.33 bits per heavy atom. The van der Waals surface area contributed by atoms with Crippen molar-refractivity contribution in [1.82, 2.24) is 0 Å². The Morgan fingerprint density at radius 2 is 2.06 bits per heavy atom. The van der Waals surface area contributed by atoms with E-state index in [9.17, 15) is 10.2 Å². The van der Waals surface area contributed by atoms with Gasteiger partial charge in [-0.3, -0.25) is 0 Å². The van der Waals surface area contributed by atoms with Gasteiger partial charge in [-0.05, 0) is 38.7 Å². The van der Waals surface area contributed by atoms with Crippen LogP contribution in [0.4, 0.5) is 0 Å². The van der Waals surface area contributed by atoms with Gasteiger partial charge in [0.25, 0.3) is 0 Å². The van der Waals surface area contributed by atoms with Crippen molar-refractivity contribution in [2.75, 3.05) is 0 Å². The highest BCUT2D eigenvalue weighted by molar-refractivity contribution is 5.44. The molecule has 2 N–H and O–H groups in total. The summed E-state index contributed by atoms with van der Waals surface area (Å²) in [7, 11) is 0. The van der Waals surface area contributed by atoms with E-state index in [0.717, 1.165) is 24.0 Å². The van der Waals surface area contributed by atoms with Crippen LogP contribution in [0.25, 0.3) is 0 Å². The number of phenols is 2. The third kappa shape index (κ3) is 2.42. The molecule has 2 atom stereocenters. The maximum atomic E-state index is 10.0. The van der Waals surface area contributed by atoms with E-state index in [1.165, 1.54) is 11.6 Å². The van der Waals surface area contributed by atoms with Gasteiger partial charge in [-0.2, -0.15) is 0 Å². The van der Waals surface area contributed by atoms with E-state index >= 15 is 0 Å². The van der Waals surface area contributed by atoms with Crippen LogP contribution in [0.15, 0.2) is 42.0 Å². The van der Waals surface area contributed by atoms with Gasteiger partial charge in [-0.25, -0.2) is 0 Å². The molecule has 0 amide bonds. The molecule has 0 saturated heterocycles. The lowest BCUT2D eigenvalue weighted by Crippen LogP contribution is -2.16. The molecule has 1 aliphatic carbocycles. The highest BCUT2D eigenvalue weighted by atomic mass is 16.3. The van der Waals surface area contributed by atoms with E-state index < -0.39 is 0 Å². The molecular formula is C16H20O2. The van der Waals surface area contributed by atoms with Gasteiger partial charge in [0.05, 0.1) is 0 Å². The molecule has 18 heavy (non-hydrogen) atoms. The second-order valence-corrected chi connectivity index (χ2v) is 5.27. The van der Waals surface area contributed by atoms with Crippen LogP contribution >= 0.6 is 0 Å². The lowest BCUT2D eigenvalue weighted by atomic mass is 9.74. The fraction of sp³-hybridized carbons (Fsp3) is 0.375. The highest BCUT2D eigenvalue weighted by Crippen LogP contribution is 2.43. The Hall–Kier alpha value is -1.70. The number of aromatic hydroxyl groups is 2. The van der Waals surface area contributed by atoms with Crippen LogP contribution in [0.5, 0.6) is 11.5 Å².